The molecule has 1 aliphatic carbocycles. The summed E-state index contributed by atoms with van der Waals surface area (Å²) in [6.07, 6.45) is 6.51. The number of hydrogen-bond donors (Lipinski definition) is 1. The quantitative estimate of drug-likeness (QED) is 0.861. The van der Waals surface area contributed by atoms with E-state index in [1.165, 1.54) is 32.1 Å². The molecule has 3 rings (SSSR count). The summed E-state index contributed by atoms with van der Waals surface area (Å²) in [5, 5.41) is 5.42. The molecule has 2 aliphatic rings. The van der Waals surface area contributed by atoms with E-state index in [0.717, 1.165) is 35.2 Å². The van der Waals surface area contributed by atoms with Crippen molar-refractivity contribution in [1.82, 2.24) is 10.2 Å². The lowest BCUT2D eigenvalue weighted by Crippen LogP contribution is -2.50. The van der Waals surface area contributed by atoms with Crippen LogP contribution >= 0.6 is 23.2 Å². The van der Waals surface area contributed by atoms with Gasteiger partial charge in [-0.1, -0.05) is 36.0 Å². The molecule has 1 aromatic carbocycles. The third kappa shape index (κ3) is 3.56. The molecular formula is C17H24Cl2N2. The van der Waals surface area contributed by atoms with E-state index in [-0.39, 0.29) is 0 Å². The SMILES string of the molecule is CC1CCNC2(CCCC2)CN1Cc1cc(Cl)ccc1Cl. The largest absolute Gasteiger partial charge is 0.310 e. The Labute approximate surface area is 137 Å². The molecule has 1 N–H and O–H groups in total. The van der Waals surface area contributed by atoms with Gasteiger partial charge in [0.1, 0.15) is 0 Å². The van der Waals surface area contributed by atoms with Crippen LogP contribution in [0.15, 0.2) is 18.2 Å². The van der Waals surface area contributed by atoms with Crippen LogP contribution in [0.3, 0.4) is 0 Å². The van der Waals surface area contributed by atoms with Crippen molar-refractivity contribution < 1.29 is 0 Å². The first kappa shape index (κ1) is 15.6. The summed E-state index contributed by atoms with van der Waals surface area (Å²) in [5.41, 5.74) is 1.47. The summed E-state index contributed by atoms with van der Waals surface area (Å²) in [7, 11) is 0. The lowest BCUT2D eigenvalue weighted by Gasteiger charge is -2.35. The number of rotatable bonds is 2. The Hall–Kier alpha value is -0.280. The molecule has 1 saturated heterocycles. The van der Waals surface area contributed by atoms with Crippen LogP contribution in [-0.2, 0) is 6.54 Å². The van der Waals surface area contributed by atoms with Gasteiger partial charge in [-0.25, -0.2) is 0 Å². The molecule has 21 heavy (non-hydrogen) atoms. The third-order valence-electron chi connectivity index (χ3n) is 5.13. The van der Waals surface area contributed by atoms with Crippen LogP contribution in [-0.4, -0.2) is 29.6 Å². The summed E-state index contributed by atoms with van der Waals surface area (Å²) in [5.74, 6) is 0. The molecule has 1 saturated carbocycles. The molecule has 1 heterocycles. The zero-order valence-corrected chi connectivity index (χ0v) is 14.2. The fourth-order valence-electron chi connectivity index (χ4n) is 3.81. The average molecular weight is 327 g/mol. The Bertz CT molecular complexity index is 498. The monoisotopic (exact) mass is 326 g/mol. The fourth-order valence-corrected chi connectivity index (χ4v) is 4.18. The molecule has 0 bridgehead atoms. The fraction of sp³-hybridized carbons (Fsp3) is 0.647. The maximum Gasteiger partial charge on any atom is 0.0452 e. The second-order valence-corrected chi connectivity index (χ2v) is 7.54. The summed E-state index contributed by atoms with van der Waals surface area (Å²) in [6, 6.07) is 6.35. The Morgan fingerprint density at radius 2 is 2.05 bits per heavy atom. The molecule has 0 radical (unpaired) electrons. The number of nitrogens with zero attached hydrogens (tertiary/aromatic N) is 1. The molecule has 2 fully saturated rings. The molecule has 1 unspecified atom stereocenters. The number of halogens is 2. The van der Waals surface area contributed by atoms with Crippen LogP contribution < -0.4 is 5.32 Å². The van der Waals surface area contributed by atoms with Gasteiger partial charge in [-0.05, 0) is 56.5 Å². The minimum absolute atomic E-state index is 0.329. The van der Waals surface area contributed by atoms with Crippen molar-refractivity contribution >= 4 is 23.2 Å². The van der Waals surface area contributed by atoms with E-state index in [9.17, 15) is 0 Å². The Balaban J connectivity index is 1.79. The van der Waals surface area contributed by atoms with Crippen molar-refractivity contribution in [3.05, 3.63) is 33.8 Å². The van der Waals surface area contributed by atoms with Gasteiger partial charge >= 0.3 is 0 Å². The van der Waals surface area contributed by atoms with Gasteiger partial charge in [-0.2, -0.15) is 0 Å². The van der Waals surface area contributed by atoms with Crippen molar-refractivity contribution in [2.75, 3.05) is 13.1 Å². The summed E-state index contributed by atoms with van der Waals surface area (Å²) >= 11 is 12.5. The first-order chi connectivity index (χ1) is 10.1. The molecule has 0 amide bonds. The molecule has 2 nitrogen and oxygen atoms in total. The molecule has 4 heteroatoms. The number of nitrogens with one attached hydrogen (secondary N) is 1. The first-order valence-corrected chi connectivity index (χ1v) is 8.77. The highest BCUT2D eigenvalue weighted by Crippen LogP contribution is 2.34. The second kappa shape index (κ2) is 6.45. The highest BCUT2D eigenvalue weighted by Gasteiger charge is 2.38. The predicted molar refractivity (Wildman–Crippen MR) is 90.2 cm³/mol. The van der Waals surface area contributed by atoms with Gasteiger partial charge in [0.15, 0.2) is 0 Å². The maximum atomic E-state index is 6.35. The third-order valence-corrected chi connectivity index (χ3v) is 5.74. The first-order valence-electron chi connectivity index (χ1n) is 8.01. The van der Waals surface area contributed by atoms with Crippen LogP contribution in [0.4, 0.5) is 0 Å². The smallest absolute Gasteiger partial charge is 0.0452 e. The summed E-state index contributed by atoms with van der Waals surface area (Å²) in [6.45, 7) is 5.47. The van der Waals surface area contributed by atoms with Crippen molar-refractivity contribution in [2.24, 2.45) is 0 Å². The lowest BCUT2D eigenvalue weighted by molar-refractivity contribution is 0.160. The Morgan fingerprint density at radius 3 is 2.81 bits per heavy atom. The van der Waals surface area contributed by atoms with E-state index in [1.54, 1.807) is 0 Å². The van der Waals surface area contributed by atoms with Gasteiger partial charge in [-0.3, -0.25) is 4.90 Å². The van der Waals surface area contributed by atoms with Crippen LogP contribution in [0.5, 0.6) is 0 Å². The van der Waals surface area contributed by atoms with Crippen LogP contribution in [0.2, 0.25) is 10.0 Å². The molecule has 1 spiro atoms. The molecule has 1 aromatic rings. The van der Waals surface area contributed by atoms with Crippen LogP contribution in [0, 0.1) is 0 Å². The van der Waals surface area contributed by atoms with Gasteiger partial charge in [0.2, 0.25) is 0 Å². The van der Waals surface area contributed by atoms with E-state index < -0.39 is 0 Å². The molecule has 116 valence electrons. The van der Waals surface area contributed by atoms with Gasteiger partial charge in [-0.15, -0.1) is 0 Å². The predicted octanol–water partition coefficient (Wildman–Crippen LogP) is 4.49. The van der Waals surface area contributed by atoms with Gasteiger partial charge in [0.25, 0.3) is 0 Å². The van der Waals surface area contributed by atoms with E-state index in [2.05, 4.69) is 17.1 Å². The van der Waals surface area contributed by atoms with Crippen molar-refractivity contribution in [2.45, 2.75) is 57.2 Å². The molecule has 1 atom stereocenters. The second-order valence-electron chi connectivity index (χ2n) is 6.69. The van der Waals surface area contributed by atoms with Crippen molar-refractivity contribution in [1.29, 1.82) is 0 Å². The highest BCUT2D eigenvalue weighted by molar-refractivity contribution is 6.33. The van der Waals surface area contributed by atoms with Crippen molar-refractivity contribution in [3.63, 3.8) is 0 Å². The normalized spacial score (nSPS) is 26.1. The van der Waals surface area contributed by atoms with Gasteiger partial charge in [0.05, 0.1) is 0 Å². The minimum Gasteiger partial charge on any atom is -0.310 e. The Kier molecular flexibility index (Phi) is 4.80. The van der Waals surface area contributed by atoms with E-state index in [1.807, 2.05) is 18.2 Å². The van der Waals surface area contributed by atoms with Crippen LogP contribution in [0.1, 0.15) is 44.6 Å². The summed E-state index contributed by atoms with van der Waals surface area (Å²) in [4.78, 5) is 2.59. The zero-order chi connectivity index (χ0) is 14.9. The van der Waals surface area contributed by atoms with E-state index in [4.69, 9.17) is 23.2 Å². The van der Waals surface area contributed by atoms with E-state index in [0.29, 0.717) is 11.6 Å². The standard InChI is InChI=1S/C17H24Cl2N2/c1-13-6-9-20-17(7-2-3-8-17)12-21(13)11-14-10-15(18)4-5-16(14)19/h4-5,10,13,20H,2-3,6-9,11-12H2,1H3. The number of benzene rings is 1. The summed E-state index contributed by atoms with van der Waals surface area (Å²) < 4.78 is 0. The highest BCUT2D eigenvalue weighted by atomic mass is 35.5. The lowest BCUT2D eigenvalue weighted by atomic mass is 9.96. The zero-order valence-electron chi connectivity index (χ0n) is 12.7. The molecular weight excluding hydrogens is 303 g/mol. The van der Waals surface area contributed by atoms with Gasteiger partial charge < -0.3 is 5.32 Å². The minimum atomic E-state index is 0.329. The van der Waals surface area contributed by atoms with E-state index >= 15 is 0 Å². The number of hydrogen-bond acceptors (Lipinski definition) is 2. The molecule has 1 aliphatic heterocycles. The molecule has 0 aromatic heterocycles. The maximum absolute atomic E-state index is 6.35. The topological polar surface area (TPSA) is 15.3 Å². The van der Waals surface area contributed by atoms with Gasteiger partial charge in [0, 0.05) is 34.7 Å². The van der Waals surface area contributed by atoms with Crippen molar-refractivity contribution in [3.8, 4) is 0 Å². The van der Waals surface area contributed by atoms with Crippen LogP contribution in [0.25, 0.3) is 0 Å². The Morgan fingerprint density at radius 1 is 1.29 bits per heavy atom. The average Bonchev–Trinajstić information content (AvgIpc) is 2.84.